The van der Waals surface area contributed by atoms with Crippen LogP contribution in [0.5, 0.6) is 0 Å². The molecule has 1 heterocycles. The monoisotopic (exact) mass is 358 g/mol. The van der Waals surface area contributed by atoms with Gasteiger partial charge in [-0.1, -0.05) is 12.1 Å². The van der Waals surface area contributed by atoms with Crippen molar-refractivity contribution in [3.05, 3.63) is 35.4 Å². The predicted octanol–water partition coefficient (Wildman–Crippen LogP) is 0.359. The quantitative estimate of drug-likeness (QED) is 0.769. The fourth-order valence-electron chi connectivity index (χ4n) is 2.99. The number of amides is 3. The van der Waals surface area contributed by atoms with Crippen LogP contribution < -0.4 is 10.6 Å². The summed E-state index contributed by atoms with van der Waals surface area (Å²) in [6.45, 7) is 5.04. The van der Waals surface area contributed by atoms with Crippen LogP contribution in [0.25, 0.3) is 0 Å². The number of nitrogens with one attached hydrogen (secondary N) is 2. The minimum atomic E-state index is -0.0752. The second-order valence-corrected chi connectivity index (χ2v) is 7.02. The van der Waals surface area contributed by atoms with Crippen molar-refractivity contribution in [2.75, 3.05) is 32.7 Å². The van der Waals surface area contributed by atoms with Crippen molar-refractivity contribution in [3.8, 4) is 0 Å². The highest BCUT2D eigenvalue weighted by molar-refractivity contribution is 5.94. The van der Waals surface area contributed by atoms with E-state index in [4.69, 9.17) is 0 Å². The van der Waals surface area contributed by atoms with Gasteiger partial charge in [-0.3, -0.25) is 19.3 Å². The summed E-state index contributed by atoms with van der Waals surface area (Å²) < 4.78 is 0. The maximum Gasteiger partial charge on any atom is 0.253 e. The molecule has 2 fully saturated rings. The summed E-state index contributed by atoms with van der Waals surface area (Å²) in [5, 5.41) is 5.73. The molecule has 1 saturated carbocycles. The third kappa shape index (κ3) is 5.29. The smallest absolute Gasteiger partial charge is 0.253 e. The van der Waals surface area contributed by atoms with E-state index in [1.54, 1.807) is 12.1 Å². The highest BCUT2D eigenvalue weighted by Gasteiger charge is 2.26. The summed E-state index contributed by atoms with van der Waals surface area (Å²) in [6.07, 6.45) is 2.19. The van der Waals surface area contributed by atoms with Gasteiger partial charge < -0.3 is 15.5 Å². The molecule has 0 spiro atoms. The maximum atomic E-state index is 12.6. The molecule has 3 rings (SSSR count). The van der Waals surface area contributed by atoms with Crippen molar-refractivity contribution in [1.29, 1.82) is 0 Å². The molecule has 1 aliphatic carbocycles. The van der Waals surface area contributed by atoms with Crippen molar-refractivity contribution < 1.29 is 14.4 Å². The summed E-state index contributed by atoms with van der Waals surface area (Å²) in [5.74, 6) is 0.0223. The molecule has 2 aliphatic rings. The van der Waals surface area contributed by atoms with Crippen LogP contribution >= 0.6 is 0 Å². The maximum absolute atomic E-state index is 12.6. The molecule has 7 heteroatoms. The van der Waals surface area contributed by atoms with Crippen molar-refractivity contribution in [3.63, 3.8) is 0 Å². The molecule has 0 aromatic heterocycles. The Kier molecular flexibility index (Phi) is 5.88. The zero-order valence-electron chi connectivity index (χ0n) is 15.2. The van der Waals surface area contributed by atoms with E-state index in [-0.39, 0.29) is 17.7 Å². The normalized spacial score (nSPS) is 17.7. The Morgan fingerprint density at radius 1 is 1.04 bits per heavy atom. The van der Waals surface area contributed by atoms with E-state index < -0.39 is 0 Å². The minimum Gasteiger partial charge on any atom is -0.352 e. The van der Waals surface area contributed by atoms with E-state index >= 15 is 0 Å². The van der Waals surface area contributed by atoms with Crippen LogP contribution in [0.3, 0.4) is 0 Å². The fraction of sp³-hybridized carbons (Fsp3) is 0.526. The first kappa shape index (κ1) is 18.4. The van der Waals surface area contributed by atoms with E-state index in [9.17, 15) is 14.4 Å². The molecule has 1 aromatic carbocycles. The van der Waals surface area contributed by atoms with Gasteiger partial charge in [0.2, 0.25) is 11.8 Å². The van der Waals surface area contributed by atoms with Crippen LogP contribution in [0.15, 0.2) is 24.3 Å². The lowest BCUT2D eigenvalue weighted by Crippen LogP contribution is -2.51. The van der Waals surface area contributed by atoms with Crippen LogP contribution in [-0.2, 0) is 16.1 Å². The van der Waals surface area contributed by atoms with Crippen LogP contribution in [0.2, 0.25) is 0 Å². The Bertz CT molecular complexity index is 662. The molecule has 3 amide bonds. The van der Waals surface area contributed by atoms with Crippen molar-refractivity contribution >= 4 is 17.7 Å². The van der Waals surface area contributed by atoms with Crippen molar-refractivity contribution in [1.82, 2.24) is 20.4 Å². The Morgan fingerprint density at radius 2 is 1.69 bits per heavy atom. The molecule has 1 aliphatic heterocycles. The topological polar surface area (TPSA) is 81.8 Å². The molecule has 0 unspecified atom stereocenters. The van der Waals surface area contributed by atoms with Gasteiger partial charge in [0.05, 0.1) is 6.54 Å². The first-order chi connectivity index (χ1) is 12.5. The first-order valence-electron chi connectivity index (χ1n) is 9.15. The summed E-state index contributed by atoms with van der Waals surface area (Å²) >= 11 is 0. The van der Waals surface area contributed by atoms with Crippen LogP contribution in [-0.4, -0.2) is 66.3 Å². The minimum absolute atomic E-state index is 0.0122. The van der Waals surface area contributed by atoms with Crippen LogP contribution in [0.4, 0.5) is 0 Å². The Balaban J connectivity index is 1.45. The van der Waals surface area contributed by atoms with Gasteiger partial charge in [-0.05, 0) is 30.5 Å². The zero-order valence-corrected chi connectivity index (χ0v) is 15.2. The SMILES string of the molecule is CC(=O)NCc1ccc(C(=O)N2CCN(CC(=O)NC3CC3)CC2)cc1. The standard InChI is InChI=1S/C19H26N4O3/c1-14(24)20-12-15-2-4-16(5-3-15)19(26)23-10-8-22(9-11-23)13-18(25)21-17-6-7-17/h2-5,17H,6-13H2,1H3,(H,20,24)(H,21,25). The second-order valence-electron chi connectivity index (χ2n) is 7.02. The first-order valence-corrected chi connectivity index (χ1v) is 9.15. The molecule has 0 atom stereocenters. The van der Waals surface area contributed by atoms with Crippen molar-refractivity contribution in [2.24, 2.45) is 0 Å². The predicted molar refractivity (Wildman–Crippen MR) is 97.5 cm³/mol. The zero-order chi connectivity index (χ0) is 18.5. The molecule has 1 aromatic rings. The van der Waals surface area contributed by atoms with Gasteiger partial charge in [-0.25, -0.2) is 0 Å². The summed E-state index contributed by atoms with van der Waals surface area (Å²) in [4.78, 5) is 39.4. The average molecular weight is 358 g/mol. The molecular formula is C19H26N4O3. The number of hydrogen-bond donors (Lipinski definition) is 2. The van der Waals surface area contributed by atoms with Crippen LogP contribution in [0.1, 0.15) is 35.7 Å². The van der Waals surface area contributed by atoms with Gasteiger partial charge in [0.15, 0.2) is 0 Å². The molecule has 7 nitrogen and oxygen atoms in total. The lowest BCUT2D eigenvalue weighted by atomic mass is 10.1. The number of piperazine rings is 1. The van der Waals surface area contributed by atoms with Gasteiger partial charge in [-0.15, -0.1) is 0 Å². The van der Waals surface area contributed by atoms with E-state index in [2.05, 4.69) is 15.5 Å². The molecule has 0 radical (unpaired) electrons. The summed E-state index contributed by atoms with van der Waals surface area (Å²) in [7, 11) is 0. The van der Waals surface area contributed by atoms with Crippen LogP contribution in [0, 0.1) is 0 Å². The number of carbonyl (C=O) groups is 3. The molecule has 140 valence electrons. The molecular weight excluding hydrogens is 332 g/mol. The van der Waals surface area contributed by atoms with Gasteiger partial charge in [0.1, 0.15) is 0 Å². The van der Waals surface area contributed by atoms with Gasteiger partial charge in [-0.2, -0.15) is 0 Å². The van der Waals surface area contributed by atoms with E-state index in [0.29, 0.717) is 50.9 Å². The average Bonchev–Trinajstić information content (AvgIpc) is 3.44. The van der Waals surface area contributed by atoms with Gasteiger partial charge in [0.25, 0.3) is 5.91 Å². The Labute approximate surface area is 153 Å². The Morgan fingerprint density at radius 3 is 2.27 bits per heavy atom. The number of hydrogen-bond acceptors (Lipinski definition) is 4. The summed E-state index contributed by atoms with van der Waals surface area (Å²) in [6, 6.07) is 7.71. The molecule has 2 N–H and O–H groups in total. The molecule has 1 saturated heterocycles. The van der Waals surface area contributed by atoms with Gasteiger partial charge in [0, 0.05) is 51.3 Å². The molecule has 0 bridgehead atoms. The lowest BCUT2D eigenvalue weighted by molar-refractivity contribution is -0.122. The Hall–Kier alpha value is -2.41. The fourth-order valence-corrected chi connectivity index (χ4v) is 2.99. The third-order valence-electron chi connectivity index (χ3n) is 4.71. The third-order valence-corrected chi connectivity index (χ3v) is 4.71. The van der Waals surface area contributed by atoms with E-state index in [1.807, 2.05) is 17.0 Å². The number of benzene rings is 1. The van der Waals surface area contributed by atoms with Crippen molar-refractivity contribution in [2.45, 2.75) is 32.4 Å². The van der Waals surface area contributed by atoms with E-state index in [0.717, 1.165) is 18.4 Å². The highest BCUT2D eigenvalue weighted by Crippen LogP contribution is 2.18. The number of carbonyl (C=O) groups excluding carboxylic acids is 3. The highest BCUT2D eigenvalue weighted by atomic mass is 16.2. The lowest BCUT2D eigenvalue weighted by Gasteiger charge is -2.34. The summed E-state index contributed by atoms with van der Waals surface area (Å²) in [5.41, 5.74) is 1.61. The largest absolute Gasteiger partial charge is 0.352 e. The molecule has 26 heavy (non-hydrogen) atoms. The number of nitrogens with zero attached hydrogens (tertiary/aromatic N) is 2. The number of rotatable bonds is 6. The second kappa shape index (κ2) is 8.31. The van der Waals surface area contributed by atoms with E-state index in [1.165, 1.54) is 6.92 Å². The van der Waals surface area contributed by atoms with Gasteiger partial charge >= 0.3 is 0 Å².